The molecule has 0 atom stereocenters. The van der Waals surface area contributed by atoms with Gasteiger partial charge in [0.1, 0.15) is 0 Å². The number of halogens is 2. The molecule has 0 aliphatic heterocycles. The van der Waals surface area contributed by atoms with Crippen molar-refractivity contribution in [1.82, 2.24) is 0 Å². The Bertz CT molecular complexity index is 425. The number of unbranched alkanes of at least 4 members (excludes halogenated alkanes) is 3. The van der Waals surface area contributed by atoms with Crippen LogP contribution in [0.25, 0.3) is 6.08 Å². The van der Waals surface area contributed by atoms with Crippen molar-refractivity contribution in [2.45, 2.75) is 39.0 Å². The lowest BCUT2D eigenvalue weighted by atomic mass is 10.1. The van der Waals surface area contributed by atoms with E-state index in [2.05, 4.69) is 6.92 Å². The Morgan fingerprint density at radius 2 is 2.00 bits per heavy atom. The molecule has 0 bridgehead atoms. The van der Waals surface area contributed by atoms with Crippen LogP contribution >= 0.6 is 23.2 Å². The van der Waals surface area contributed by atoms with E-state index in [0.717, 1.165) is 18.4 Å². The topological polar surface area (TPSA) is 17.1 Å². The molecular formula is C15H18Cl2O. The lowest BCUT2D eigenvalue weighted by Gasteiger charge is -1.99. The molecule has 18 heavy (non-hydrogen) atoms. The van der Waals surface area contributed by atoms with Crippen LogP contribution in [-0.2, 0) is 4.79 Å². The van der Waals surface area contributed by atoms with E-state index in [0.29, 0.717) is 16.5 Å². The second-order valence-electron chi connectivity index (χ2n) is 4.28. The predicted molar refractivity (Wildman–Crippen MR) is 79.3 cm³/mol. The Morgan fingerprint density at radius 1 is 1.22 bits per heavy atom. The van der Waals surface area contributed by atoms with Crippen LogP contribution in [0.2, 0.25) is 10.0 Å². The fraction of sp³-hybridized carbons (Fsp3) is 0.400. The third-order valence-corrected chi connectivity index (χ3v) is 3.25. The van der Waals surface area contributed by atoms with E-state index in [4.69, 9.17) is 23.2 Å². The fourth-order valence-electron chi connectivity index (χ4n) is 1.63. The maximum atomic E-state index is 11.6. The van der Waals surface area contributed by atoms with E-state index in [1.54, 1.807) is 24.3 Å². The molecule has 0 spiro atoms. The van der Waals surface area contributed by atoms with Gasteiger partial charge in [-0.1, -0.05) is 55.5 Å². The van der Waals surface area contributed by atoms with E-state index in [9.17, 15) is 4.79 Å². The van der Waals surface area contributed by atoms with Gasteiger partial charge in [-0.3, -0.25) is 4.79 Å². The van der Waals surface area contributed by atoms with E-state index < -0.39 is 0 Å². The summed E-state index contributed by atoms with van der Waals surface area (Å²) in [6.45, 7) is 2.16. The Balaban J connectivity index is 2.45. The first-order chi connectivity index (χ1) is 8.63. The summed E-state index contributed by atoms with van der Waals surface area (Å²) in [7, 11) is 0. The Labute approximate surface area is 119 Å². The van der Waals surface area contributed by atoms with Crippen LogP contribution in [0.4, 0.5) is 0 Å². The highest BCUT2D eigenvalue weighted by molar-refractivity contribution is 6.35. The van der Waals surface area contributed by atoms with Crippen molar-refractivity contribution in [3.05, 3.63) is 39.9 Å². The summed E-state index contributed by atoms with van der Waals surface area (Å²) in [4.78, 5) is 11.6. The first-order valence-electron chi connectivity index (χ1n) is 6.29. The van der Waals surface area contributed by atoms with Gasteiger partial charge in [0.15, 0.2) is 5.78 Å². The molecule has 0 saturated carbocycles. The number of hydrogen-bond acceptors (Lipinski definition) is 1. The molecule has 0 unspecified atom stereocenters. The number of hydrogen-bond donors (Lipinski definition) is 0. The largest absolute Gasteiger partial charge is 0.295 e. The van der Waals surface area contributed by atoms with Gasteiger partial charge in [-0.15, -0.1) is 0 Å². The zero-order valence-corrected chi connectivity index (χ0v) is 12.1. The number of rotatable bonds is 7. The first-order valence-corrected chi connectivity index (χ1v) is 7.05. The maximum absolute atomic E-state index is 11.6. The van der Waals surface area contributed by atoms with Crippen molar-refractivity contribution in [3.8, 4) is 0 Å². The number of benzene rings is 1. The van der Waals surface area contributed by atoms with Gasteiger partial charge in [-0.2, -0.15) is 0 Å². The third-order valence-electron chi connectivity index (χ3n) is 2.69. The average Bonchev–Trinajstić information content (AvgIpc) is 2.33. The van der Waals surface area contributed by atoms with Crippen LogP contribution in [0, 0.1) is 0 Å². The Hall–Kier alpha value is -0.790. The van der Waals surface area contributed by atoms with Gasteiger partial charge in [0.05, 0.1) is 0 Å². The number of allylic oxidation sites excluding steroid dienone is 1. The molecule has 0 aliphatic rings. The standard InChI is InChI=1S/C15H18Cl2O/c1-2-3-4-5-6-14(18)10-8-12-7-9-13(16)11-15(12)17/h7-11H,2-6H2,1H3. The highest BCUT2D eigenvalue weighted by atomic mass is 35.5. The van der Waals surface area contributed by atoms with Crippen molar-refractivity contribution in [3.63, 3.8) is 0 Å². The van der Waals surface area contributed by atoms with Crippen molar-refractivity contribution < 1.29 is 4.79 Å². The normalized spacial score (nSPS) is 11.1. The summed E-state index contributed by atoms with van der Waals surface area (Å²) in [5, 5.41) is 1.17. The molecule has 1 rings (SSSR count). The van der Waals surface area contributed by atoms with E-state index in [-0.39, 0.29) is 5.78 Å². The van der Waals surface area contributed by atoms with E-state index in [1.165, 1.54) is 12.8 Å². The van der Waals surface area contributed by atoms with Crippen LogP contribution in [0.15, 0.2) is 24.3 Å². The second-order valence-corrected chi connectivity index (χ2v) is 5.12. The predicted octanol–water partition coefficient (Wildman–Crippen LogP) is 5.55. The number of ketones is 1. The molecule has 1 aromatic carbocycles. The van der Waals surface area contributed by atoms with Crippen molar-refractivity contribution in [2.24, 2.45) is 0 Å². The maximum Gasteiger partial charge on any atom is 0.155 e. The van der Waals surface area contributed by atoms with E-state index in [1.807, 2.05) is 6.07 Å². The molecule has 1 nitrogen and oxygen atoms in total. The molecule has 0 N–H and O–H groups in total. The highest BCUT2D eigenvalue weighted by Crippen LogP contribution is 2.22. The summed E-state index contributed by atoms with van der Waals surface area (Å²) in [5.41, 5.74) is 0.822. The lowest BCUT2D eigenvalue weighted by Crippen LogP contribution is -1.92. The number of carbonyl (C=O) groups is 1. The minimum absolute atomic E-state index is 0.150. The molecule has 1 aromatic rings. The molecule has 3 heteroatoms. The summed E-state index contributed by atoms with van der Waals surface area (Å²) >= 11 is 11.8. The zero-order valence-electron chi connectivity index (χ0n) is 10.6. The molecule has 98 valence electrons. The minimum Gasteiger partial charge on any atom is -0.295 e. The third kappa shape index (κ3) is 5.70. The monoisotopic (exact) mass is 284 g/mol. The van der Waals surface area contributed by atoms with Gasteiger partial charge in [0, 0.05) is 16.5 Å². The molecule has 0 fully saturated rings. The molecule has 0 aromatic heterocycles. The van der Waals surface area contributed by atoms with Gasteiger partial charge in [0.25, 0.3) is 0 Å². The van der Waals surface area contributed by atoms with Crippen molar-refractivity contribution >= 4 is 35.1 Å². The summed E-state index contributed by atoms with van der Waals surface area (Å²) < 4.78 is 0. The minimum atomic E-state index is 0.150. The highest BCUT2D eigenvalue weighted by Gasteiger charge is 2.00. The molecule has 0 heterocycles. The Morgan fingerprint density at radius 3 is 2.67 bits per heavy atom. The lowest BCUT2D eigenvalue weighted by molar-refractivity contribution is -0.114. The summed E-state index contributed by atoms with van der Waals surface area (Å²) in [6.07, 6.45) is 8.43. The molecule has 0 saturated heterocycles. The van der Waals surface area contributed by atoms with Gasteiger partial charge in [0.2, 0.25) is 0 Å². The Kier molecular flexibility index (Phi) is 7.07. The molecule has 0 radical (unpaired) electrons. The van der Waals surface area contributed by atoms with Crippen LogP contribution in [0.5, 0.6) is 0 Å². The zero-order chi connectivity index (χ0) is 13.4. The van der Waals surface area contributed by atoms with Gasteiger partial charge >= 0.3 is 0 Å². The SMILES string of the molecule is CCCCCCC(=O)C=Cc1ccc(Cl)cc1Cl. The van der Waals surface area contributed by atoms with Crippen LogP contribution in [-0.4, -0.2) is 5.78 Å². The van der Waals surface area contributed by atoms with Crippen molar-refractivity contribution in [2.75, 3.05) is 0 Å². The quantitative estimate of drug-likeness (QED) is 0.474. The van der Waals surface area contributed by atoms with Crippen LogP contribution in [0.3, 0.4) is 0 Å². The van der Waals surface area contributed by atoms with Crippen LogP contribution < -0.4 is 0 Å². The van der Waals surface area contributed by atoms with Gasteiger partial charge in [-0.05, 0) is 36.3 Å². The summed E-state index contributed by atoms with van der Waals surface area (Å²) in [5.74, 6) is 0.150. The fourth-order valence-corrected chi connectivity index (χ4v) is 2.10. The molecule has 0 aliphatic carbocycles. The smallest absolute Gasteiger partial charge is 0.155 e. The van der Waals surface area contributed by atoms with Gasteiger partial charge in [-0.25, -0.2) is 0 Å². The van der Waals surface area contributed by atoms with E-state index >= 15 is 0 Å². The van der Waals surface area contributed by atoms with Crippen molar-refractivity contribution in [1.29, 1.82) is 0 Å². The molecule has 0 amide bonds. The van der Waals surface area contributed by atoms with Crippen LogP contribution in [0.1, 0.15) is 44.6 Å². The first kappa shape index (κ1) is 15.3. The second kappa shape index (κ2) is 8.34. The number of carbonyl (C=O) groups excluding carboxylic acids is 1. The summed E-state index contributed by atoms with van der Waals surface area (Å²) in [6, 6.07) is 5.25. The average molecular weight is 285 g/mol. The molecular weight excluding hydrogens is 267 g/mol. The van der Waals surface area contributed by atoms with Gasteiger partial charge < -0.3 is 0 Å².